The van der Waals surface area contributed by atoms with E-state index in [0.29, 0.717) is 22.3 Å². The summed E-state index contributed by atoms with van der Waals surface area (Å²) in [6.45, 7) is 3.85. The van der Waals surface area contributed by atoms with Crippen molar-refractivity contribution in [3.05, 3.63) is 75.4 Å². The molecule has 0 radical (unpaired) electrons. The maximum atomic E-state index is 13.3. The first-order valence-electron chi connectivity index (χ1n) is 9.91. The number of rotatable bonds is 4. The number of halogens is 7. The number of hydrogen-bond donors (Lipinski definition) is 1. The van der Waals surface area contributed by atoms with E-state index >= 15 is 0 Å². The summed E-state index contributed by atoms with van der Waals surface area (Å²) in [4.78, 5) is 5.59. The third kappa shape index (κ3) is 4.08. The van der Waals surface area contributed by atoms with Crippen molar-refractivity contribution in [2.75, 3.05) is 0 Å². The second kappa shape index (κ2) is 8.28. The van der Waals surface area contributed by atoms with Crippen LogP contribution in [-0.4, -0.2) is 27.0 Å². The van der Waals surface area contributed by atoms with E-state index in [1.54, 1.807) is 23.6 Å². The SMILES string of the molecule is Cc1sc(-c2ccc(Cl)cc2)nc1Cn1c(C)cc2cc(C(O)(C(F)(F)F)C(F)(F)F)ccc21. The van der Waals surface area contributed by atoms with Crippen LogP contribution in [0.4, 0.5) is 26.3 Å². The molecule has 0 saturated heterocycles. The summed E-state index contributed by atoms with van der Waals surface area (Å²) in [5.74, 6) is 0. The average molecular weight is 519 g/mol. The van der Waals surface area contributed by atoms with Gasteiger partial charge in [0.25, 0.3) is 5.60 Å². The normalized spacial score (nSPS) is 13.1. The Hall–Kier alpha value is -2.56. The third-order valence-electron chi connectivity index (χ3n) is 5.64. The highest BCUT2D eigenvalue weighted by Crippen LogP contribution is 2.50. The zero-order valence-corrected chi connectivity index (χ0v) is 19.3. The van der Waals surface area contributed by atoms with Crippen molar-refractivity contribution in [2.24, 2.45) is 0 Å². The van der Waals surface area contributed by atoms with Crippen molar-refractivity contribution in [1.82, 2.24) is 9.55 Å². The van der Waals surface area contributed by atoms with Crippen LogP contribution in [0.25, 0.3) is 21.5 Å². The van der Waals surface area contributed by atoms with Gasteiger partial charge < -0.3 is 9.67 Å². The molecule has 0 unspecified atom stereocenters. The fourth-order valence-corrected chi connectivity index (χ4v) is 4.83. The number of nitrogens with zero attached hydrogens (tertiary/aromatic N) is 2. The minimum absolute atomic E-state index is 0.146. The molecule has 0 saturated carbocycles. The molecule has 2 aromatic heterocycles. The van der Waals surface area contributed by atoms with Gasteiger partial charge in [0.15, 0.2) is 0 Å². The van der Waals surface area contributed by atoms with Crippen molar-refractivity contribution < 1.29 is 31.4 Å². The van der Waals surface area contributed by atoms with Crippen molar-refractivity contribution in [2.45, 2.75) is 38.3 Å². The lowest BCUT2D eigenvalue weighted by molar-refractivity contribution is -0.376. The number of aliphatic hydroxyl groups is 1. The van der Waals surface area contributed by atoms with Crippen molar-refractivity contribution >= 4 is 33.8 Å². The Morgan fingerprint density at radius 1 is 0.941 bits per heavy atom. The van der Waals surface area contributed by atoms with Gasteiger partial charge in [-0.1, -0.05) is 29.8 Å². The highest BCUT2D eigenvalue weighted by Gasteiger charge is 2.71. The Balaban J connectivity index is 1.74. The molecule has 34 heavy (non-hydrogen) atoms. The maximum Gasteiger partial charge on any atom is 0.430 e. The highest BCUT2D eigenvalue weighted by molar-refractivity contribution is 7.15. The Bertz CT molecular complexity index is 1340. The molecule has 0 aliphatic carbocycles. The molecular formula is C23H17ClF6N2OS. The van der Waals surface area contributed by atoms with Gasteiger partial charge in [-0.3, -0.25) is 0 Å². The predicted octanol–water partition coefficient (Wildman–Crippen LogP) is 7.40. The molecular weight excluding hydrogens is 502 g/mol. The molecule has 0 aliphatic heterocycles. The number of fused-ring (bicyclic) bond motifs is 1. The van der Waals surface area contributed by atoms with Crippen LogP contribution in [0.15, 0.2) is 48.5 Å². The molecule has 2 aromatic carbocycles. The Kier molecular flexibility index (Phi) is 5.98. The van der Waals surface area contributed by atoms with E-state index in [-0.39, 0.29) is 11.9 Å². The molecule has 0 aliphatic rings. The molecule has 3 nitrogen and oxygen atoms in total. The van der Waals surface area contributed by atoms with Gasteiger partial charge in [0.2, 0.25) is 0 Å². The largest absolute Gasteiger partial charge is 0.430 e. The number of benzene rings is 2. The molecule has 1 N–H and O–H groups in total. The van der Waals surface area contributed by atoms with E-state index in [1.807, 2.05) is 19.1 Å². The molecule has 4 rings (SSSR count). The van der Waals surface area contributed by atoms with Gasteiger partial charge in [0.05, 0.1) is 12.2 Å². The molecule has 0 amide bonds. The molecule has 11 heteroatoms. The van der Waals surface area contributed by atoms with Crippen LogP contribution < -0.4 is 0 Å². The quantitative estimate of drug-likeness (QED) is 0.286. The number of alkyl halides is 6. The Morgan fingerprint density at radius 2 is 1.56 bits per heavy atom. The summed E-state index contributed by atoms with van der Waals surface area (Å²) in [5.41, 5.74) is -3.61. The summed E-state index contributed by atoms with van der Waals surface area (Å²) in [7, 11) is 0. The second-order valence-electron chi connectivity index (χ2n) is 7.88. The van der Waals surface area contributed by atoms with Gasteiger partial charge in [-0.05, 0) is 44.2 Å². The minimum atomic E-state index is -5.94. The van der Waals surface area contributed by atoms with Crippen molar-refractivity contribution in [3.63, 3.8) is 0 Å². The molecule has 2 heterocycles. The summed E-state index contributed by atoms with van der Waals surface area (Å²) in [6.07, 6.45) is -11.9. The van der Waals surface area contributed by atoms with Gasteiger partial charge in [-0.15, -0.1) is 11.3 Å². The number of thiazole rings is 1. The topological polar surface area (TPSA) is 38.0 Å². The molecule has 4 aromatic rings. The summed E-state index contributed by atoms with van der Waals surface area (Å²) in [5, 5.41) is 11.2. The molecule has 0 fully saturated rings. The highest BCUT2D eigenvalue weighted by atomic mass is 35.5. The van der Waals surface area contributed by atoms with Gasteiger partial charge in [-0.25, -0.2) is 4.98 Å². The monoisotopic (exact) mass is 518 g/mol. The van der Waals surface area contributed by atoms with Crippen LogP contribution in [0.5, 0.6) is 0 Å². The number of hydrogen-bond acceptors (Lipinski definition) is 3. The van der Waals surface area contributed by atoms with Crippen molar-refractivity contribution in [1.29, 1.82) is 0 Å². The van der Waals surface area contributed by atoms with Crippen LogP contribution in [0, 0.1) is 13.8 Å². The van der Waals surface area contributed by atoms with Crippen molar-refractivity contribution in [3.8, 4) is 10.6 Å². The van der Waals surface area contributed by atoms with Crippen LogP contribution in [-0.2, 0) is 12.1 Å². The van der Waals surface area contributed by atoms with E-state index in [2.05, 4.69) is 4.98 Å². The number of aromatic nitrogens is 2. The van der Waals surface area contributed by atoms with Gasteiger partial charge in [0.1, 0.15) is 5.01 Å². The first-order valence-corrected chi connectivity index (χ1v) is 11.1. The zero-order valence-electron chi connectivity index (χ0n) is 17.7. The molecule has 0 atom stereocenters. The van der Waals surface area contributed by atoms with Crippen LogP contribution >= 0.6 is 22.9 Å². The third-order valence-corrected chi connectivity index (χ3v) is 6.95. The lowest BCUT2D eigenvalue weighted by Crippen LogP contribution is -2.53. The molecule has 0 bridgehead atoms. The van der Waals surface area contributed by atoms with Crippen LogP contribution in [0.3, 0.4) is 0 Å². The Labute approximate surface area is 199 Å². The summed E-state index contributed by atoms with van der Waals surface area (Å²) >= 11 is 7.40. The van der Waals surface area contributed by atoms with Gasteiger partial charge in [-0.2, -0.15) is 26.3 Å². The van der Waals surface area contributed by atoms with Crippen LogP contribution in [0.2, 0.25) is 5.02 Å². The molecule has 0 spiro atoms. The fraction of sp³-hybridized carbons (Fsp3) is 0.261. The van der Waals surface area contributed by atoms with Crippen LogP contribution in [0.1, 0.15) is 21.8 Å². The number of aryl methyl sites for hydroxylation is 2. The smallest absolute Gasteiger partial charge is 0.369 e. The maximum absolute atomic E-state index is 13.3. The zero-order chi connectivity index (χ0) is 25.1. The average Bonchev–Trinajstić information content (AvgIpc) is 3.25. The summed E-state index contributed by atoms with van der Waals surface area (Å²) < 4.78 is 81.4. The first-order chi connectivity index (χ1) is 15.7. The van der Waals surface area contributed by atoms with E-state index in [9.17, 15) is 31.4 Å². The molecule has 180 valence electrons. The van der Waals surface area contributed by atoms with Gasteiger partial charge in [0, 0.05) is 37.6 Å². The second-order valence-corrected chi connectivity index (χ2v) is 9.52. The minimum Gasteiger partial charge on any atom is -0.369 e. The lowest BCUT2D eigenvalue weighted by Gasteiger charge is -2.32. The first kappa shape index (κ1) is 24.6. The Morgan fingerprint density at radius 3 is 2.15 bits per heavy atom. The fourth-order valence-electron chi connectivity index (χ4n) is 3.77. The van der Waals surface area contributed by atoms with E-state index in [1.165, 1.54) is 17.4 Å². The van der Waals surface area contributed by atoms with E-state index in [0.717, 1.165) is 33.3 Å². The standard InChI is InChI=1S/C23H17ClF6N2OS/c1-12-9-15-10-16(21(33,22(25,26)27)23(28,29)30)5-8-19(15)32(12)11-18-13(2)34-20(31-18)14-3-6-17(24)7-4-14/h3-10,33H,11H2,1-2H3. The lowest BCUT2D eigenvalue weighted by atomic mass is 9.91. The summed E-state index contributed by atoms with van der Waals surface area (Å²) in [6, 6.07) is 11.2. The van der Waals surface area contributed by atoms with E-state index in [4.69, 9.17) is 11.6 Å². The van der Waals surface area contributed by atoms with Gasteiger partial charge >= 0.3 is 12.4 Å². The predicted molar refractivity (Wildman–Crippen MR) is 119 cm³/mol. The van der Waals surface area contributed by atoms with E-state index < -0.39 is 23.5 Å².